The lowest BCUT2D eigenvalue weighted by atomic mass is 10.1. The average Bonchev–Trinajstić information content (AvgIpc) is 2.90. The Morgan fingerprint density at radius 3 is 2.52 bits per heavy atom. The molecule has 0 spiro atoms. The van der Waals surface area contributed by atoms with Gasteiger partial charge in [-0.3, -0.25) is 4.79 Å². The van der Waals surface area contributed by atoms with E-state index in [-0.39, 0.29) is 18.5 Å². The molecule has 1 aromatic carbocycles. The van der Waals surface area contributed by atoms with Crippen molar-refractivity contribution in [3.8, 4) is 5.75 Å². The minimum Gasteiger partial charge on any atom is -0.497 e. The van der Waals surface area contributed by atoms with Gasteiger partial charge in [0.05, 0.1) is 25.5 Å². The van der Waals surface area contributed by atoms with Gasteiger partial charge in [-0.15, -0.1) is 0 Å². The molecule has 25 heavy (non-hydrogen) atoms. The minimum absolute atomic E-state index is 0.0600. The van der Waals surface area contributed by atoms with E-state index in [0.717, 1.165) is 17.0 Å². The first kappa shape index (κ1) is 18.8. The highest BCUT2D eigenvalue weighted by Gasteiger charge is 2.22. The predicted octanol–water partition coefficient (Wildman–Crippen LogP) is 1.85. The highest BCUT2D eigenvalue weighted by Crippen LogP contribution is 2.16. The second-order valence-electron chi connectivity index (χ2n) is 6.04. The van der Waals surface area contributed by atoms with Crippen LogP contribution in [-0.2, 0) is 22.6 Å². The number of ether oxygens (including phenoxy) is 2. The maximum atomic E-state index is 12.8. The quantitative estimate of drug-likeness (QED) is 0.789. The third-order valence-electron chi connectivity index (χ3n) is 3.99. The van der Waals surface area contributed by atoms with Crippen molar-refractivity contribution >= 4 is 11.7 Å². The molecule has 1 unspecified atom stereocenters. The summed E-state index contributed by atoms with van der Waals surface area (Å²) in [6.45, 7) is 4.84. The van der Waals surface area contributed by atoms with Crippen LogP contribution >= 0.6 is 0 Å². The minimum atomic E-state index is -0.0718. The lowest BCUT2D eigenvalue weighted by Crippen LogP contribution is -2.42. The average molecular weight is 346 g/mol. The summed E-state index contributed by atoms with van der Waals surface area (Å²) in [6.07, 6.45) is 0. The highest BCUT2D eigenvalue weighted by molar-refractivity contribution is 5.76. The molecule has 136 valence electrons. The van der Waals surface area contributed by atoms with E-state index in [9.17, 15) is 4.79 Å². The van der Waals surface area contributed by atoms with E-state index >= 15 is 0 Å². The SMILES string of the molecule is COCC(C)N(Cc1ccc(OC)cc1)C(=O)Cn1nc(C)cc1N. The van der Waals surface area contributed by atoms with Crippen molar-refractivity contribution in [3.05, 3.63) is 41.6 Å². The number of anilines is 1. The monoisotopic (exact) mass is 346 g/mol. The lowest BCUT2D eigenvalue weighted by molar-refractivity contribution is -0.135. The molecule has 0 saturated heterocycles. The molecule has 0 aliphatic rings. The molecule has 0 radical (unpaired) electrons. The number of nitrogen functional groups attached to an aromatic ring is 1. The summed E-state index contributed by atoms with van der Waals surface area (Å²) in [5.74, 6) is 1.20. The molecule has 2 N–H and O–H groups in total. The van der Waals surface area contributed by atoms with Crippen molar-refractivity contribution in [2.75, 3.05) is 26.6 Å². The van der Waals surface area contributed by atoms with E-state index in [4.69, 9.17) is 15.2 Å². The molecule has 0 bridgehead atoms. The molecule has 0 fully saturated rings. The Morgan fingerprint density at radius 1 is 1.32 bits per heavy atom. The zero-order valence-electron chi connectivity index (χ0n) is 15.2. The van der Waals surface area contributed by atoms with Crippen LogP contribution in [0.2, 0.25) is 0 Å². The van der Waals surface area contributed by atoms with Gasteiger partial charge in [-0.25, -0.2) is 4.68 Å². The first-order valence-electron chi connectivity index (χ1n) is 8.15. The van der Waals surface area contributed by atoms with Gasteiger partial charge in [-0.1, -0.05) is 12.1 Å². The number of aromatic nitrogens is 2. The second kappa shape index (κ2) is 8.53. The molecule has 0 aliphatic heterocycles. The molecule has 1 amide bonds. The fraction of sp³-hybridized carbons (Fsp3) is 0.444. The molecule has 1 heterocycles. The molecular weight excluding hydrogens is 320 g/mol. The highest BCUT2D eigenvalue weighted by atomic mass is 16.5. The van der Waals surface area contributed by atoms with E-state index in [2.05, 4.69) is 5.10 Å². The molecule has 7 heteroatoms. The molecule has 1 aromatic heterocycles. The number of benzene rings is 1. The van der Waals surface area contributed by atoms with Gasteiger partial charge in [0.15, 0.2) is 0 Å². The van der Waals surface area contributed by atoms with Crippen molar-refractivity contribution in [2.45, 2.75) is 33.0 Å². The predicted molar refractivity (Wildman–Crippen MR) is 96.3 cm³/mol. The summed E-state index contributed by atoms with van der Waals surface area (Å²) in [5.41, 5.74) is 7.70. The summed E-state index contributed by atoms with van der Waals surface area (Å²) >= 11 is 0. The molecule has 2 rings (SSSR count). The third kappa shape index (κ3) is 4.96. The number of nitrogens with zero attached hydrogens (tertiary/aromatic N) is 3. The largest absolute Gasteiger partial charge is 0.497 e. The van der Waals surface area contributed by atoms with Crippen molar-refractivity contribution in [3.63, 3.8) is 0 Å². The maximum absolute atomic E-state index is 12.8. The zero-order chi connectivity index (χ0) is 18.4. The van der Waals surface area contributed by atoms with Gasteiger partial charge in [-0.2, -0.15) is 5.10 Å². The van der Waals surface area contributed by atoms with Gasteiger partial charge in [0, 0.05) is 19.7 Å². The zero-order valence-corrected chi connectivity index (χ0v) is 15.2. The first-order valence-corrected chi connectivity index (χ1v) is 8.15. The summed E-state index contributed by atoms with van der Waals surface area (Å²) in [5, 5.41) is 4.26. The van der Waals surface area contributed by atoms with E-state index in [1.807, 2.05) is 38.1 Å². The summed E-state index contributed by atoms with van der Waals surface area (Å²) in [6, 6.07) is 9.34. The van der Waals surface area contributed by atoms with Crippen molar-refractivity contribution in [1.82, 2.24) is 14.7 Å². The topological polar surface area (TPSA) is 82.6 Å². The van der Waals surface area contributed by atoms with Gasteiger partial charge >= 0.3 is 0 Å². The molecule has 0 aliphatic carbocycles. The van der Waals surface area contributed by atoms with Crippen LogP contribution in [0.25, 0.3) is 0 Å². The molecule has 0 saturated carbocycles. The van der Waals surface area contributed by atoms with Crippen LogP contribution in [0.1, 0.15) is 18.2 Å². The number of methoxy groups -OCH3 is 2. The van der Waals surface area contributed by atoms with E-state index in [0.29, 0.717) is 19.0 Å². The van der Waals surface area contributed by atoms with Crippen LogP contribution in [0.15, 0.2) is 30.3 Å². The van der Waals surface area contributed by atoms with Crippen LogP contribution in [0, 0.1) is 6.92 Å². The van der Waals surface area contributed by atoms with Crippen LogP contribution < -0.4 is 10.5 Å². The Kier molecular flexibility index (Phi) is 6.41. The Bertz CT molecular complexity index is 697. The van der Waals surface area contributed by atoms with Gasteiger partial charge in [0.25, 0.3) is 0 Å². The Hall–Kier alpha value is -2.54. The lowest BCUT2D eigenvalue weighted by Gasteiger charge is -2.29. The van der Waals surface area contributed by atoms with Crippen molar-refractivity contribution in [1.29, 1.82) is 0 Å². The smallest absolute Gasteiger partial charge is 0.245 e. The van der Waals surface area contributed by atoms with Gasteiger partial charge < -0.3 is 20.1 Å². The standard InChI is InChI=1S/C18H26N4O3/c1-13-9-17(19)22(20-13)11-18(23)21(14(2)12-24-3)10-15-5-7-16(25-4)8-6-15/h5-9,14H,10-12,19H2,1-4H3. The van der Waals surface area contributed by atoms with E-state index in [1.54, 1.807) is 25.2 Å². The number of amides is 1. The summed E-state index contributed by atoms with van der Waals surface area (Å²) in [4.78, 5) is 14.6. The first-order chi connectivity index (χ1) is 11.9. The number of hydrogen-bond donors (Lipinski definition) is 1. The Balaban J connectivity index is 2.16. The Morgan fingerprint density at radius 2 is 2.00 bits per heavy atom. The van der Waals surface area contributed by atoms with Crippen molar-refractivity contribution < 1.29 is 14.3 Å². The number of carbonyl (C=O) groups is 1. The third-order valence-corrected chi connectivity index (χ3v) is 3.99. The molecule has 1 atom stereocenters. The van der Waals surface area contributed by atoms with E-state index in [1.165, 1.54) is 4.68 Å². The number of nitrogens with two attached hydrogens (primary N) is 1. The number of carbonyl (C=O) groups excluding carboxylic acids is 1. The summed E-state index contributed by atoms with van der Waals surface area (Å²) in [7, 11) is 3.25. The molecule has 2 aromatic rings. The van der Waals surface area contributed by atoms with Crippen molar-refractivity contribution in [2.24, 2.45) is 0 Å². The number of hydrogen-bond acceptors (Lipinski definition) is 5. The van der Waals surface area contributed by atoms with Crippen LogP contribution in [0.3, 0.4) is 0 Å². The van der Waals surface area contributed by atoms with Crippen LogP contribution in [0.5, 0.6) is 5.75 Å². The fourth-order valence-electron chi connectivity index (χ4n) is 2.66. The number of aryl methyl sites for hydroxylation is 1. The van der Waals surface area contributed by atoms with Gasteiger partial charge in [-0.05, 0) is 31.5 Å². The summed E-state index contributed by atoms with van der Waals surface area (Å²) < 4.78 is 11.9. The Labute approximate surface area is 148 Å². The maximum Gasteiger partial charge on any atom is 0.245 e. The van der Waals surface area contributed by atoms with Crippen LogP contribution in [0.4, 0.5) is 5.82 Å². The number of rotatable bonds is 8. The molecular formula is C18H26N4O3. The van der Waals surface area contributed by atoms with Crippen LogP contribution in [-0.4, -0.2) is 47.5 Å². The van der Waals surface area contributed by atoms with Gasteiger partial charge in [0.2, 0.25) is 5.91 Å². The van der Waals surface area contributed by atoms with Gasteiger partial charge in [0.1, 0.15) is 18.1 Å². The van der Waals surface area contributed by atoms with E-state index < -0.39 is 0 Å². The normalized spacial score (nSPS) is 12.0. The second-order valence-corrected chi connectivity index (χ2v) is 6.04. The fourth-order valence-corrected chi connectivity index (χ4v) is 2.66. The molecule has 7 nitrogen and oxygen atoms in total.